The molecule has 1 aliphatic heterocycles. The van der Waals surface area contributed by atoms with Crippen molar-refractivity contribution < 1.29 is 19.2 Å². The minimum atomic E-state index is -0.398. The Bertz CT molecular complexity index is 598. The van der Waals surface area contributed by atoms with Gasteiger partial charge in [0.2, 0.25) is 0 Å². The lowest BCUT2D eigenvalue weighted by atomic mass is 10.1. The number of amides is 3. The van der Waals surface area contributed by atoms with Crippen LogP contribution in [0.25, 0.3) is 0 Å². The molecule has 1 heterocycles. The minimum absolute atomic E-state index is 0.225. The van der Waals surface area contributed by atoms with Gasteiger partial charge in [0.1, 0.15) is 5.75 Å². The van der Waals surface area contributed by atoms with Crippen molar-refractivity contribution in [1.29, 1.82) is 0 Å². The van der Waals surface area contributed by atoms with E-state index >= 15 is 0 Å². The Labute approximate surface area is 155 Å². The molecule has 1 aliphatic rings. The molecule has 0 unspecified atom stereocenters. The number of hydrogen-bond donors (Lipinski definition) is 3. The zero-order valence-corrected chi connectivity index (χ0v) is 16.0. The summed E-state index contributed by atoms with van der Waals surface area (Å²) in [4.78, 5) is 27.2. The van der Waals surface area contributed by atoms with E-state index < -0.39 is 6.03 Å². The Morgan fingerprint density at radius 3 is 2.65 bits per heavy atom. The summed E-state index contributed by atoms with van der Waals surface area (Å²) < 4.78 is 5.27. The van der Waals surface area contributed by atoms with E-state index in [1.54, 1.807) is 7.11 Å². The topological polar surface area (TPSA) is 75.1 Å². The number of anilines is 1. The Morgan fingerprint density at radius 2 is 2.00 bits per heavy atom. The number of nitrogens with zero attached hydrogens (tertiary/aromatic N) is 1. The van der Waals surface area contributed by atoms with Gasteiger partial charge in [-0.2, -0.15) is 0 Å². The van der Waals surface area contributed by atoms with Gasteiger partial charge in [0.25, 0.3) is 5.91 Å². The van der Waals surface area contributed by atoms with Gasteiger partial charge in [-0.1, -0.05) is 19.9 Å². The van der Waals surface area contributed by atoms with E-state index in [4.69, 9.17) is 4.74 Å². The van der Waals surface area contributed by atoms with Gasteiger partial charge in [0, 0.05) is 18.3 Å². The van der Waals surface area contributed by atoms with Crippen LogP contribution >= 0.6 is 0 Å². The number of quaternary nitrogens is 1. The highest BCUT2D eigenvalue weighted by Gasteiger charge is 2.23. The van der Waals surface area contributed by atoms with E-state index in [1.807, 2.05) is 18.2 Å². The predicted octanol–water partition coefficient (Wildman–Crippen LogP) is 0.272. The lowest BCUT2D eigenvalue weighted by Gasteiger charge is -2.33. The van der Waals surface area contributed by atoms with Crippen molar-refractivity contribution in [2.45, 2.75) is 20.3 Å². The average molecular weight is 363 g/mol. The number of ether oxygens (including phenoxy) is 1. The van der Waals surface area contributed by atoms with Gasteiger partial charge in [-0.05, 0) is 24.5 Å². The number of nitrogens with one attached hydrogen (secondary N) is 3. The molecule has 1 saturated heterocycles. The predicted molar refractivity (Wildman–Crippen MR) is 102 cm³/mol. The second-order valence-electron chi connectivity index (χ2n) is 7.10. The number of urea groups is 1. The molecular weight excluding hydrogens is 332 g/mol. The highest BCUT2D eigenvalue weighted by atomic mass is 16.5. The van der Waals surface area contributed by atoms with Crippen LogP contribution in [-0.2, 0) is 4.79 Å². The molecule has 1 aromatic rings. The van der Waals surface area contributed by atoms with Gasteiger partial charge in [-0.3, -0.25) is 10.1 Å². The average Bonchev–Trinajstić information content (AvgIpc) is 2.62. The van der Waals surface area contributed by atoms with Gasteiger partial charge >= 0.3 is 6.03 Å². The minimum Gasteiger partial charge on any atom is -0.497 e. The first kappa shape index (κ1) is 20.0. The lowest BCUT2D eigenvalue weighted by Crippen LogP contribution is -3.16. The van der Waals surface area contributed by atoms with Gasteiger partial charge in [0.05, 0.1) is 33.3 Å². The SMILES string of the molecule is COc1cccc(N2CC[NH+](CC(=O)NC(=O)NCCC(C)C)CC2)c1. The van der Waals surface area contributed by atoms with Crippen molar-refractivity contribution in [3.8, 4) is 5.75 Å². The van der Waals surface area contributed by atoms with Crippen LogP contribution in [0.5, 0.6) is 5.75 Å². The number of imide groups is 1. The van der Waals surface area contributed by atoms with Crippen LogP contribution in [0, 0.1) is 5.92 Å². The Hall–Kier alpha value is -2.28. The Balaban J connectivity index is 1.70. The first-order chi connectivity index (χ1) is 12.5. The van der Waals surface area contributed by atoms with Crippen molar-refractivity contribution in [3.63, 3.8) is 0 Å². The first-order valence-corrected chi connectivity index (χ1v) is 9.28. The van der Waals surface area contributed by atoms with Gasteiger partial charge < -0.3 is 19.9 Å². The molecule has 3 amide bonds. The smallest absolute Gasteiger partial charge is 0.321 e. The summed E-state index contributed by atoms with van der Waals surface area (Å²) in [6, 6.07) is 7.62. The number of carbonyl (C=O) groups excluding carboxylic acids is 2. The van der Waals surface area contributed by atoms with E-state index in [2.05, 4.69) is 35.4 Å². The molecule has 7 nitrogen and oxygen atoms in total. The van der Waals surface area contributed by atoms with Crippen LogP contribution in [-0.4, -0.2) is 58.3 Å². The number of rotatable bonds is 7. The van der Waals surface area contributed by atoms with Crippen molar-refractivity contribution in [3.05, 3.63) is 24.3 Å². The van der Waals surface area contributed by atoms with E-state index in [0.29, 0.717) is 19.0 Å². The van der Waals surface area contributed by atoms with E-state index in [0.717, 1.165) is 44.0 Å². The second kappa shape index (κ2) is 10.0. The van der Waals surface area contributed by atoms with Gasteiger partial charge in [-0.25, -0.2) is 4.79 Å². The van der Waals surface area contributed by atoms with Crippen molar-refractivity contribution in [2.75, 3.05) is 51.3 Å². The summed E-state index contributed by atoms with van der Waals surface area (Å²) in [6.45, 7) is 8.57. The summed E-state index contributed by atoms with van der Waals surface area (Å²) in [5, 5.41) is 5.14. The first-order valence-electron chi connectivity index (χ1n) is 9.28. The molecule has 144 valence electrons. The summed E-state index contributed by atoms with van der Waals surface area (Å²) in [5.41, 5.74) is 1.14. The largest absolute Gasteiger partial charge is 0.497 e. The van der Waals surface area contributed by atoms with Crippen LogP contribution in [0.1, 0.15) is 20.3 Å². The molecule has 3 N–H and O–H groups in total. The number of methoxy groups -OCH3 is 1. The molecule has 0 saturated carbocycles. The third-order valence-electron chi connectivity index (χ3n) is 4.56. The van der Waals surface area contributed by atoms with Crippen LogP contribution in [0.3, 0.4) is 0 Å². The molecule has 0 aliphatic carbocycles. The fraction of sp³-hybridized carbons (Fsp3) is 0.579. The number of piperazine rings is 1. The molecule has 0 bridgehead atoms. The fourth-order valence-electron chi connectivity index (χ4n) is 2.98. The maximum absolute atomic E-state index is 12.0. The van der Waals surface area contributed by atoms with Gasteiger partial charge in [-0.15, -0.1) is 0 Å². The summed E-state index contributed by atoms with van der Waals surface area (Å²) in [6.07, 6.45) is 0.902. The number of carbonyl (C=O) groups is 2. The molecule has 0 spiro atoms. The Kier molecular flexibility index (Phi) is 7.72. The fourth-order valence-corrected chi connectivity index (χ4v) is 2.98. The lowest BCUT2D eigenvalue weighted by molar-refractivity contribution is -0.892. The maximum atomic E-state index is 12.0. The Morgan fingerprint density at radius 1 is 1.27 bits per heavy atom. The standard InChI is InChI=1S/C19H30N4O3/c1-15(2)7-8-20-19(25)21-18(24)14-22-9-11-23(12-10-22)16-5-4-6-17(13-16)26-3/h4-6,13,15H,7-12,14H2,1-3H3,(H2,20,21,24,25)/p+1. The summed E-state index contributed by atoms with van der Waals surface area (Å²) >= 11 is 0. The van der Waals surface area contributed by atoms with Crippen LogP contribution in [0.2, 0.25) is 0 Å². The van der Waals surface area contributed by atoms with Crippen molar-refractivity contribution >= 4 is 17.6 Å². The second-order valence-corrected chi connectivity index (χ2v) is 7.10. The molecule has 26 heavy (non-hydrogen) atoms. The highest BCUT2D eigenvalue weighted by molar-refractivity contribution is 5.94. The van der Waals surface area contributed by atoms with Crippen molar-refractivity contribution in [1.82, 2.24) is 10.6 Å². The quantitative estimate of drug-likeness (QED) is 0.650. The van der Waals surface area contributed by atoms with Crippen LogP contribution in [0.4, 0.5) is 10.5 Å². The normalized spacial score (nSPS) is 15.0. The van der Waals surface area contributed by atoms with E-state index in [9.17, 15) is 9.59 Å². The van der Waals surface area contributed by atoms with Crippen molar-refractivity contribution in [2.24, 2.45) is 5.92 Å². The molecule has 1 aromatic carbocycles. The third kappa shape index (κ3) is 6.55. The van der Waals surface area contributed by atoms with Crippen LogP contribution < -0.4 is 25.2 Å². The molecule has 0 atom stereocenters. The molecule has 0 aromatic heterocycles. The summed E-state index contributed by atoms with van der Waals surface area (Å²) in [5.74, 6) is 1.15. The maximum Gasteiger partial charge on any atom is 0.321 e. The zero-order chi connectivity index (χ0) is 18.9. The van der Waals surface area contributed by atoms with Crippen LogP contribution in [0.15, 0.2) is 24.3 Å². The van der Waals surface area contributed by atoms with E-state index in [1.165, 1.54) is 4.90 Å². The molecular formula is C19H31N4O3+. The number of benzene rings is 1. The molecule has 0 radical (unpaired) electrons. The summed E-state index contributed by atoms with van der Waals surface area (Å²) in [7, 11) is 1.67. The monoisotopic (exact) mass is 363 g/mol. The highest BCUT2D eigenvalue weighted by Crippen LogP contribution is 2.20. The third-order valence-corrected chi connectivity index (χ3v) is 4.56. The molecule has 2 rings (SSSR count). The van der Waals surface area contributed by atoms with Gasteiger partial charge in [0.15, 0.2) is 6.54 Å². The number of hydrogen-bond acceptors (Lipinski definition) is 4. The molecule has 1 fully saturated rings. The molecule has 7 heteroatoms. The zero-order valence-electron chi connectivity index (χ0n) is 16.0. The van der Waals surface area contributed by atoms with E-state index in [-0.39, 0.29) is 5.91 Å².